The first-order valence-electron chi connectivity index (χ1n) is 16.1. The molecule has 1 fully saturated rings. The zero-order valence-corrected chi connectivity index (χ0v) is 29.3. The molecular weight excluding hydrogens is 625 g/mol. The number of hydrogen-bond donors (Lipinski definition) is 0. The van der Waals surface area contributed by atoms with Gasteiger partial charge in [-0.15, -0.1) is 0 Å². The Labute approximate surface area is 307 Å². The first-order chi connectivity index (χ1) is 23.5. The van der Waals surface area contributed by atoms with Crippen LogP contribution < -0.4 is 44.1 Å². The molecule has 0 N–H and O–H groups in total. The number of oxime groups is 1. The van der Waals surface area contributed by atoms with E-state index in [9.17, 15) is 9.90 Å². The predicted octanol–water partition coefficient (Wildman–Crippen LogP) is 3.93. The van der Waals surface area contributed by atoms with Crippen molar-refractivity contribution in [2.75, 3.05) is 0 Å². The van der Waals surface area contributed by atoms with Gasteiger partial charge in [0.15, 0.2) is 0 Å². The molecule has 0 unspecified atom stereocenters. The normalized spacial score (nSPS) is 14.4. The average Bonchev–Trinajstić information content (AvgIpc) is 3.13. The van der Waals surface area contributed by atoms with Crippen molar-refractivity contribution in [3.8, 4) is 11.5 Å². The van der Waals surface area contributed by atoms with Crippen molar-refractivity contribution < 1.29 is 53.8 Å². The minimum absolute atomic E-state index is 0. The fraction of sp³-hybridized carbons (Fsp3) is 0.200. The monoisotopic (exact) mass is 659 g/mol. The van der Waals surface area contributed by atoms with Crippen LogP contribution in [0.2, 0.25) is 0 Å². The number of benzene rings is 4. The smallest absolute Gasteiger partial charge is 0.544 e. The van der Waals surface area contributed by atoms with Crippen LogP contribution in [0.15, 0.2) is 126 Å². The summed E-state index contributed by atoms with van der Waals surface area (Å²) in [7, 11) is 0. The fourth-order valence-electron chi connectivity index (χ4n) is 6.53. The van der Waals surface area contributed by atoms with Crippen LogP contribution in [0.4, 0.5) is 0 Å². The summed E-state index contributed by atoms with van der Waals surface area (Å²) in [5.41, 5.74) is 5.69. The molecule has 0 amide bonds. The van der Waals surface area contributed by atoms with Crippen LogP contribution in [0, 0.1) is 0 Å². The Bertz CT molecular complexity index is 1930. The second-order valence-corrected chi connectivity index (χ2v) is 12.1. The molecule has 240 valence electrons. The molecule has 0 atom stereocenters. The van der Waals surface area contributed by atoms with E-state index in [2.05, 4.69) is 41.6 Å². The Kier molecular flexibility index (Phi) is 10.9. The van der Waals surface area contributed by atoms with Crippen molar-refractivity contribution in [3.63, 3.8) is 0 Å². The maximum Gasteiger partial charge on any atom is 1.00 e. The number of carbonyl (C=O) groups excluding carboxylic acids is 1. The molecule has 2 heterocycles. The van der Waals surface area contributed by atoms with Gasteiger partial charge in [0.2, 0.25) is 0 Å². The summed E-state index contributed by atoms with van der Waals surface area (Å²) in [5, 5.41) is 16.6. The molecule has 0 bridgehead atoms. The number of hydrogen-bond acceptors (Lipinski definition) is 8. The zero-order valence-electron chi connectivity index (χ0n) is 27.3. The number of carbonyl (C=O) groups is 1. The minimum Gasteiger partial charge on any atom is -0.544 e. The van der Waals surface area contributed by atoms with Crippen molar-refractivity contribution in [2.45, 2.75) is 50.4 Å². The molecule has 0 aliphatic heterocycles. The number of carboxylic acids is 1. The number of ether oxygens (including phenoxy) is 2. The third-order valence-electron chi connectivity index (χ3n) is 9.05. The van der Waals surface area contributed by atoms with Crippen LogP contribution in [0.3, 0.4) is 0 Å². The molecular formula is C40H34N3NaO5. The summed E-state index contributed by atoms with van der Waals surface area (Å²) in [5.74, 6) is 0.157. The average molecular weight is 660 g/mol. The Morgan fingerprint density at radius 1 is 0.694 bits per heavy atom. The molecule has 9 heteroatoms. The molecule has 4 aromatic carbocycles. The van der Waals surface area contributed by atoms with Crippen molar-refractivity contribution in [2.24, 2.45) is 5.16 Å². The van der Waals surface area contributed by atoms with E-state index in [1.54, 1.807) is 0 Å². The summed E-state index contributed by atoms with van der Waals surface area (Å²) >= 11 is 0. The molecule has 2 aromatic heterocycles. The van der Waals surface area contributed by atoms with E-state index < -0.39 is 5.97 Å². The fourth-order valence-corrected chi connectivity index (χ4v) is 6.53. The van der Waals surface area contributed by atoms with Crippen LogP contribution in [0.1, 0.15) is 48.2 Å². The second-order valence-electron chi connectivity index (χ2n) is 12.1. The van der Waals surface area contributed by atoms with Gasteiger partial charge in [0.25, 0.3) is 0 Å². The largest absolute Gasteiger partial charge is 1.00 e. The first-order valence-corrected chi connectivity index (χ1v) is 16.1. The summed E-state index contributed by atoms with van der Waals surface area (Å²) in [6.45, 7) is 0.744. The molecule has 7 rings (SSSR count). The van der Waals surface area contributed by atoms with Crippen molar-refractivity contribution in [3.05, 3.63) is 144 Å². The number of aromatic nitrogens is 2. The van der Waals surface area contributed by atoms with Gasteiger partial charge in [-0.05, 0) is 85.3 Å². The second kappa shape index (κ2) is 15.6. The summed E-state index contributed by atoms with van der Waals surface area (Å²) < 4.78 is 12.3. The summed E-state index contributed by atoms with van der Waals surface area (Å²) in [4.78, 5) is 25.7. The van der Waals surface area contributed by atoms with E-state index in [1.165, 1.54) is 11.1 Å². The van der Waals surface area contributed by atoms with Crippen LogP contribution in [0.5, 0.6) is 11.5 Å². The van der Waals surface area contributed by atoms with E-state index in [0.29, 0.717) is 32.3 Å². The van der Waals surface area contributed by atoms with Gasteiger partial charge in [-0.3, -0.25) is 0 Å². The summed E-state index contributed by atoms with van der Waals surface area (Å²) in [6, 6.07) is 40.8. The van der Waals surface area contributed by atoms with Gasteiger partial charge in [-0.25, -0.2) is 9.97 Å². The number of para-hydroxylation sites is 2. The SMILES string of the molecule is O=C([O-])/C=N/OC1CCC(c2ccc(OCc3ccc4ccccc4n3)cc2)(c2ccc(OCc3ccc4ccccc4n3)cc2)CC1.[Na+]. The third-order valence-corrected chi connectivity index (χ3v) is 9.05. The molecule has 1 aliphatic carbocycles. The zero-order chi connectivity index (χ0) is 32.8. The Hall–Kier alpha value is -4.76. The molecule has 49 heavy (non-hydrogen) atoms. The third kappa shape index (κ3) is 8.11. The maximum absolute atomic E-state index is 10.8. The quantitative estimate of drug-likeness (QED) is 0.118. The number of carboxylic acid groups (broad SMARTS) is 1. The van der Waals surface area contributed by atoms with Crippen molar-refractivity contribution >= 4 is 34.0 Å². The topological polar surface area (TPSA) is 106 Å². The Morgan fingerprint density at radius 3 is 1.63 bits per heavy atom. The molecule has 0 spiro atoms. The van der Waals surface area contributed by atoms with Crippen molar-refractivity contribution in [1.82, 2.24) is 9.97 Å². The van der Waals surface area contributed by atoms with E-state index >= 15 is 0 Å². The number of fused-ring (bicyclic) bond motifs is 2. The van der Waals surface area contributed by atoms with Gasteiger partial charge in [0.1, 0.15) is 30.8 Å². The van der Waals surface area contributed by atoms with E-state index in [4.69, 9.17) is 24.3 Å². The molecule has 0 radical (unpaired) electrons. The Morgan fingerprint density at radius 2 is 1.16 bits per heavy atom. The van der Waals surface area contributed by atoms with Crippen LogP contribution in [-0.4, -0.2) is 28.3 Å². The molecule has 8 nitrogen and oxygen atoms in total. The van der Waals surface area contributed by atoms with Crippen LogP contribution in [0.25, 0.3) is 21.8 Å². The number of rotatable bonds is 11. The van der Waals surface area contributed by atoms with E-state index in [0.717, 1.165) is 57.5 Å². The first kappa shape index (κ1) is 34.1. The molecule has 1 aliphatic rings. The van der Waals surface area contributed by atoms with Gasteiger partial charge < -0.3 is 24.2 Å². The van der Waals surface area contributed by atoms with Gasteiger partial charge >= 0.3 is 29.6 Å². The van der Waals surface area contributed by atoms with Gasteiger partial charge in [0, 0.05) is 16.2 Å². The van der Waals surface area contributed by atoms with Crippen molar-refractivity contribution in [1.29, 1.82) is 0 Å². The molecule has 1 saturated carbocycles. The van der Waals surface area contributed by atoms with E-state index in [-0.39, 0.29) is 41.1 Å². The maximum atomic E-state index is 10.8. The van der Waals surface area contributed by atoms with E-state index in [1.807, 2.05) is 84.9 Å². The van der Waals surface area contributed by atoms with Crippen LogP contribution >= 0.6 is 0 Å². The Balaban J connectivity index is 0.00000417. The minimum atomic E-state index is -1.38. The summed E-state index contributed by atoms with van der Waals surface area (Å²) in [6.07, 6.45) is 3.51. The van der Waals surface area contributed by atoms with Gasteiger partial charge in [-0.2, -0.15) is 0 Å². The number of aliphatic carboxylic acids is 1. The van der Waals surface area contributed by atoms with Gasteiger partial charge in [0.05, 0.1) is 34.6 Å². The van der Waals surface area contributed by atoms with Gasteiger partial charge in [-0.1, -0.05) is 78.0 Å². The standard InChI is InChI=1S/C40H35N3O5.Na/c44-39(45)25-41-48-36-21-23-40(24-22-36,30-11-17-34(18-12-30)46-26-32-15-9-28-5-1-3-7-37(28)42-32)31-13-19-35(20-14-31)47-27-33-16-10-29-6-2-4-8-38(29)43-33;/h1-20,25,36H,21-24,26-27H2,(H,44,45);/q;+1/p-1/b41-25+;. The van der Waals surface area contributed by atoms with Crippen LogP contribution in [-0.2, 0) is 28.3 Å². The number of pyridine rings is 2. The molecule has 0 saturated heterocycles. The number of nitrogens with zero attached hydrogens (tertiary/aromatic N) is 3. The predicted molar refractivity (Wildman–Crippen MR) is 183 cm³/mol. The molecule has 6 aromatic rings.